The number of hydrogen-bond donors (Lipinski definition) is 1. The van der Waals surface area contributed by atoms with E-state index >= 15 is 0 Å². The molecule has 0 radical (unpaired) electrons. The second-order valence-corrected chi connectivity index (χ2v) is 4.76. The van der Waals surface area contributed by atoms with Crippen molar-refractivity contribution in [2.45, 2.75) is 26.8 Å². The Balaban J connectivity index is 2.73. The van der Waals surface area contributed by atoms with Gasteiger partial charge < -0.3 is 5.32 Å². The molecule has 0 aromatic rings. The minimum Gasteiger partial charge on any atom is -0.384 e. The van der Waals surface area contributed by atoms with Crippen LogP contribution in [-0.2, 0) is 0 Å². The normalized spacial score (nSPS) is 23.8. The lowest BCUT2D eigenvalue weighted by atomic mass is 10.1. The molecular formula is C10H16N2S. The van der Waals surface area contributed by atoms with Gasteiger partial charge in [-0.3, -0.25) is 0 Å². The first kappa shape index (κ1) is 10.5. The fourth-order valence-electron chi connectivity index (χ4n) is 1.28. The summed E-state index contributed by atoms with van der Waals surface area (Å²) in [6, 6.07) is 2.76. The van der Waals surface area contributed by atoms with E-state index in [0.29, 0.717) is 12.0 Å². The topological polar surface area (TPSA) is 35.8 Å². The van der Waals surface area contributed by atoms with Gasteiger partial charge in [0.1, 0.15) is 0 Å². The van der Waals surface area contributed by atoms with Crippen LogP contribution >= 0.6 is 11.8 Å². The quantitative estimate of drug-likeness (QED) is 0.698. The molecule has 1 rings (SSSR count). The summed E-state index contributed by atoms with van der Waals surface area (Å²) in [5.74, 6) is 2.58. The van der Waals surface area contributed by atoms with E-state index in [9.17, 15) is 0 Å². The summed E-state index contributed by atoms with van der Waals surface area (Å²) in [7, 11) is 0. The first-order valence-electron chi connectivity index (χ1n) is 4.59. The molecule has 0 aromatic heterocycles. The largest absolute Gasteiger partial charge is 0.384 e. The maximum atomic E-state index is 8.85. The van der Waals surface area contributed by atoms with Crippen LogP contribution in [-0.4, -0.2) is 17.5 Å². The van der Waals surface area contributed by atoms with Gasteiger partial charge >= 0.3 is 0 Å². The van der Waals surface area contributed by atoms with Crippen LogP contribution < -0.4 is 5.32 Å². The Kier molecular flexibility index (Phi) is 3.68. The van der Waals surface area contributed by atoms with E-state index in [1.165, 1.54) is 0 Å². The highest BCUT2D eigenvalue weighted by atomic mass is 32.2. The van der Waals surface area contributed by atoms with Crippen molar-refractivity contribution in [1.29, 1.82) is 5.26 Å². The molecule has 1 aliphatic heterocycles. The third-order valence-corrected chi connectivity index (χ3v) is 3.43. The lowest BCUT2D eigenvalue weighted by Gasteiger charge is -2.21. The molecule has 0 aromatic carbocycles. The van der Waals surface area contributed by atoms with Crippen LogP contribution in [0, 0.1) is 17.2 Å². The van der Waals surface area contributed by atoms with Gasteiger partial charge in [0.05, 0.1) is 11.6 Å². The van der Waals surface area contributed by atoms with Gasteiger partial charge in [-0.2, -0.15) is 17.0 Å². The van der Waals surface area contributed by atoms with Crippen molar-refractivity contribution in [2.24, 2.45) is 5.92 Å². The van der Waals surface area contributed by atoms with Gasteiger partial charge in [0.25, 0.3) is 0 Å². The molecule has 0 fully saturated rings. The standard InChI is InChI=1S/C10H16N2S/c1-7(2)10-6-13-5-9(4-11)8(3)12-10/h7,10,12H,5-6H2,1-3H3. The third-order valence-electron chi connectivity index (χ3n) is 2.34. The van der Waals surface area contributed by atoms with E-state index in [-0.39, 0.29) is 0 Å². The molecule has 1 N–H and O–H groups in total. The Bertz CT molecular complexity index is 250. The molecular weight excluding hydrogens is 180 g/mol. The average Bonchev–Trinajstić information content (AvgIpc) is 2.26. The van der Waals surface area contributed by atoms with E-state index in [4.69, 9.17) is 5.26 Å². The fourth-order valence-corrected chi connectivity index (χ4v) is 2.60. The predicted octanol–water partition coefficient (Wildman–Crippen LogP) is 2.14. The first-order valence-corrected chi connectivity index (χ1v) is 5.74. The third kappa shape index (κ3) is 2.67. The van der Waals surface area contributed by atoms with Crippen molar-refractivity contribution in [2.75, 3.05) is 11.5 Å². The van der Waals surface area contributed by atoms with Crippen LogP contribution in [0.3, 0.4) is 0 Å². The van der Waals surface area contributed by atoms with Crippen LogP contribution in [0.4, 0.5) is 0 Å². The van der Waals surface area contributed by atoms with Crippen molar-refractivity contribution >= 4 is 11.8 Å². The number of nitriles is 1. The molecule has 1 heterocycles. The smallest absolute Gasteiger partial charge is 0.0974 e. The van der Waals surface area contributed by atoms with E-state index in [0.717, 1.165) is 22.8 Å². The molecule has 3 heteroatoms. The Labute approximate surface area is 84.4 Å². The zero-order chi connectivity index (χ0) is 9.84. The van der Waals surface area contributed by atoms with Crippen LogP contribution in [0.1, 0.15) is 20.8 Å². The SMILES string of the molecule is CC1=C(C#N)CSCC(C(C)C)N1. The molecule has 72 valence electrons. The summed E-state index contributed by atoms with van der Waals surface area (Å²) in [4.78, 5) is 0. The van der Waals surface area contributed by atoms with Crippen LogP contribution in [0.25, 0.3) is 0 Å². The molecule has 1 unspecified atom stereocenters. The molecule has 1 atom stereocenters. The maximum absolute atomic E-state index is 8.85. The number of allylic oxidation sites excluding steroid dienone is 1. The molecule has 13 heavy (non-hydrogen) atoms. The Morgan fingerprint density at radius 1 is 1.62 bits per heavy atom. The zero-order valence-corrected chi connectivity index (χ0v) is 9.24. The number of nitrogens with one attached hydrogen (secondary N) is 1. The van der Waals surface area contributed by atoms with Gasteiger partial charge in [-0.25, -0.2) is 0 Å². The second-order valence-electron chi connectivity index (χ2n) is 3.73. The van der Waals surface area contributed by atoms with E-state index < -0.39 is 0 Å². The summed E-state index contributed by atoms with van der Waals surface area (Å²) in [5.41, 5.74) is 1.96. The van der Waals surface area contributed by atoms with E-state index in [1.54, 1.807) is 0 Å². The van der Waals surface area contributed by atoms with E-state index in [2.05, 4.69) is 25.2 Å². The average molecular weight is 196 g/mol. The van der Waals surface area contributed by atoms with Gasteiger partial charge in [-0.1, -0.05) is 13.8 Å². The van der Waals surface area contributed by atoms with Crippen molar-refractivity contribution in [1.82, 2.24) is 5.32 Å². The molecule has 0 spiro atoms. The Hall–Kier alpha value is -0.620. The van der Waals surface area contributed by atoms with Gasteiger partial charge in [0, 0.05) is 23.2 Å². The number of thioether (sulfide) groups is 1. The summed E-state index contributed by atoms with van der Waals surface area (Å²) >= 11 is 1.85. The summed E-state index contributed by atoms with van der Waals surface area (Å²) in [6.45, 7) is 6.42. The van der Waals surface area contributed by atoms with Crippen molar-refractivity contribution < 1.29 is 0 Å². The van der Waals surface area contributed by atoms with E-state index in [1.807, 2.05) is 18.7 Å². The maximum Gasteiger partial charge on any atom is 0.0974 e. The molecule has 0 amide bonds. The minimum atomic E-state index is 0.510. The number of rotatable bonds is 1. The van der Waals surface area contributed by atoms with Crippen molar-refractivity contribution in [3.8, 4) is 6.07 Å². The first-order chi connectivity index (χ1) is 6.15. The molecule has 0 saturated heterocycles. The highest BCUT2D eigenvalue weighted by Gasteiger charge is 2.18. The van der Waals surface area contributed by atoms with Gasteiger partial charge in [0.15, 0.2) is 0 Å². The number of hydrogen-bond acceptors (Lipinski definition) is 3. The second kappa shape index (κ2) is 4.57. The molecule has 0 aliphatic carbocycles. The Morgan fingerprint density at radius 2 is 2.31 bits per heavy atom. The highest BCUT2D eigenvalue weighted by molar-refractivity contribution is 7.99. The lowest BCUT2D eigenvalue weighted by molar-refractivity contribution is 0.469. The summed E-state index contributed by atoms with van der Waals surface area (Å²) < 4.78 is 0. The predicted molar refractivity (Wildman–Crippen MR) is 57.4 cm³/mol. The number of nitrogens with zero attached hydrogens (tertiary/aromatic N) is 1. The van der Waals surface area contributed by atoms with Crippen LogP contribution in [0.2, 0.25) is 0 Å². The minimum absolute atomic E-state index is 0.510. The monoisotopic (exact) mass is 196 g/mol. The van der Waals surface area contributed by atoms with Gasteiger partial charge in [0.2, 0.25) is 0 Å². The highest BCUT2D eigenvalue weighted by Crippen LogP contribution is 2.19. The van der Waals surface area contributed by atoms with Crippen molar-refractivity contribution in [3.05, 3.63) is 11.3 Å². The molecule has 1 aliphatic rings. The Morgan fingerprint density at radius 3 is 2.85 bits per heavy atom. The van der Waals surface area contributed by atoms with Crippen LogP contribution in [0.5, 0.6) is 0 Å². The zero-order valence-electron chi connectivity index (χ0n) is 8.42. The van der Waals surface area contributed by atoms with Crippen LogP contribution in [0.15, 0.2) is 11.3 Å². The summed E-state index contributed by atoms with van der Waals surface area (Å²) in [5, 5.41) is 12.3. The molecule has 0 saturated carbocycles. The van der Waals surface area contributed by atoms with Gasteiger partial charge in [-0.05, 0) is 12.8 Å². The molecule has 2 nitrogen and oxygen atoms in total. The molecule has 0 bridgehead atoms. The summed E-state index contributed by atoms with van der Waals surface area (Å²) in [6.07, 6.45) is 0. The van der Waals surface area contributed by atoms with Gasteiger partial charge in [-0.15, -0.1) is 0 Å². The van der Waals surface area contributed by atoms with Crippen molar-refractivity contribution in [3.63, 3.8) is 0 Å². The lowest BCUT2D eigenvalue weighted by Crippen LogP contribution is -2.34. The fraction of sp³-hybridized carbons (Fsp3) is 0.700.